The summed E-state index contributed by atoms with van der Waals surface area (Å²) in [7, 11) is 0. The second-order valence-electron chi connectivity index (χ2n) is 8.32. The van der Waals surface area contributed by atoms with Crippen LogP contribution in [0.4, 0.5) is 0 Å². The second-order valence-corrected chi connectivity index (χ2v) is 8.32. The molecule has 5 heteroatoms. The van der Waals surface area contributed by atoms with E-state index in [-0.39, 0.29) is 11.8 Å². The van der Waals surface area contributed by atoms with Crippen LogP contribution in [-0.2, 0) is 0 Å². The van der Waals surface area contributed by atoms with Crippen molar-refractivity contribution in [2.24, 2.45) is 0 Å². The van der Waals surface area contributed by atoms with E-state index in [1.54, 1.807) is 6.07 Å². The van der Waals surface area contributed by atoms with Gasteiger partial charge in [-0.05, 0) is 53.6 Å². The Bertz CT molecular complexity index is 1330. The van der Waals surface area contributed by atoms with Crippen molar-refractivity contribution in [3.05, 3.63) is 66.0 Å². The van der Waals surface area contributed by atoms with Crippen LogP contribution in [0.25, 0.3) is 32.9 Å². The van der Waals surface area contributed by atoms with Crippen LogP contribution in [0, 0.1) is 0 Å². The molecule has 1 fully saturated rings. The number of hydrogen-bond acceptors (Lipinski definition) is 3. The van der Waals surface area contributed by atoms with Gasteiger partial charge in [0.05, 0.1) is 17.4 Å². The Morgan fingerprint density at radius 2 is 1.63 bits per heavy atom. The molecule has 30 heavy (non-hydrogen) atoms. The minimum atomic E-state index is -0.336. The van der Waals surface area contributed by atoms with Crippen LogP contribution in [-0.4, -0.2) is 21.4 Å². The summed E-state index contributed by atoms with van der Waals surface area (Å²) in [5.74, 6) is -0.672. The van der Waals surface area contributed by atoms with Gasteiger partial charge in [0.15, 0.2) is 0 Å². The molecule has 2 amide bonds. The third-order valence-electron chi connectivity index (χ3n) is 6.61. The molecule has 2 heterocycles. The van der Waals surface area contributed by atoms with Gasteiger partial charge in [0.1, 0.15) is 0 Å². The number of rotatable bonds is 2. The Morgan fingerprint density at radius 3 is 2.47 bits per heavy atom. The van der Waals surface area contributed by atoms with Crippen LogP contribution in [0.3, 0.4) is 0 Å². The normalized spacial score (nSPS) is 16.9. The van der Waals surface area contributed by atoms with E-state index in [0.29, 0.717) is 17.2 Å². The average molecular weight is 395 g/mol. The lowest BCUT2D eigenvalue weighted by molar-refractivity contribution is 0.0845. The van der Waals surface area contributed by atoms with Gasteiger partial charge in [-0.2, -0.15) is 0 Å². The minimum absolute atomic E-state index is 0.336. The van der Waals surface area contributed by atoms with Crippen LogP contribution >= 0.6 is 0 Å². The zero-order valence-corrected chi connectivity index (χ0v) is 16.5. The van der Waals surface area contributed by atoms with E-state index in [9.17, 15) is 9.59 Å². The lowest BCUT2D eigenvalue weighted by Crippen LogP contribution is -2.34. The first-order valence-electron chi connectivity index (χ1n) is 10.6. The second kappa shape index (κ2) is 6.52. The quantitative estimate of drug-likeness (QED) is 0.472. The highest BCUT2D eigenvalue weighted by molar-refractivity contribution is 6.27. The van der Waals surface area contributed by atoms with Gasteiger partial charge in [-0.3, -0.25) is 14.9 Å². The Balaban J connectivity index is 1.51. The first-order chi connectivity index (χ1) is 14.7. The maximum absolute atomic E-state index is 12.3. The summed E-state index contributed by atoms with van der Waals surface area (Å²) in [6.45, 7) is 0. The molecular weight excluding hydrogens is 374 g/mol. The predicted molar refractivity (Wildman–Crippen MR) is 117 cm³/mol. The number of imidazole rings is 1. The molecule has 0 atom stereocenters. The van der Waals surface area contributed by atoms with Crippen molar-refractivity contribution in [2.75, 3.05) is 0 Å². The van der Waals surface area contributed by atoms with Crippen molar-refractivity contribution in [3.63, 3.8) is 0 Å². The highest BCUT2D eigenvalue weighted by Crippen LogP contribution is 2.36. The highest BCUT2D eigenvalue weighted by atomic mass is 16.2. The van der Waals surface area contributed by atoms with Crippen molar-refractivity contribution < 1.29 is 9.59 Å². The Morgan fingerprint density at radius 1 is 0.867 bits per heavy atom. The minimum Gasteiger partial charge on any atom is -0.327 e. The summed E-state index contributed by atoms with van der Waals surface area (Å²) in [4.78, 5) is 29.3. The third-order valence-corrected chi connectivity index (χ3v) is 6.61. The van der Waals surface area contributed by atoms with Gasteiger partial charge in [-0.25, -0.2) is 4.98 Å². The molecule has 1 aromatic heterocycles. The number of nitrogens with one attached hydrogen (secondary N) is 1. The Hall–Kier alpha value is -3.47. The Labute approximate surface area is 173 Å². The summed E-state index contributed by atoms with van der Waals surface area (Å²) < 4.78 is 2.33. The molecule has 1 aliphatic heterocycles. The van der Waals surface area contributed by atoms with Crippen LogP contribution < -0.4 is 5.32 Å². The zero-order chi connectivity index (χ0) is 20.2. The smallest absolute Gasteiger partial charge is 0.258 e. The van der Waals surface area contributed by atoms with Crippen molar-refractivity contribution in [1.82, 2.24) is 14.9 Å². The summed E-state index contributed by atoms with van der Waals surface area (Å²) in [6.07, 6.45) is 8.32. The number of imide groups is 1. The fraction of sp³-hybridized carbons (Fsp3) is 0.240. The molecule has 0 bridgehead atoms. The number of carbonyl (C=O) groups excluding carboxylic acids is 2. The Kier molecular flexibility index (Phi) is 3.78. The summed E-state index contributed by atoms with van der Waals surface area (Å²) >= 11 is 0. The van der Waals surface area contributed by atoms with Gasteiger partial charge >= 0.3 is 0 Å². The monoisotopic (exact) mass is 395 g/mol. The molecule has 0 unspecified atom stereocenters. The maximum Gasteiger partial charge on any atom is 0.258 e. The first-order valence-corrected chi connectivity index (χ1v) is 10.6. The van der Waals surface area contributed by atoms with Gasteiger partial charge in [0.2, 0.25) is 0 Å². The fourth-order valence-electron chi connectivity index (χ4n) is 5.12. The van der Waals surface area contributed by atoms with Crippen LogP contribution in [0.15, 0.2) is 54.9 Å². The van der Waals surface area contributed by atoms with E-state index in [0.717, 1.165) is 27.4 Å². The van der Waals surface area contributed by atoms with E-state index in [1.807, 2.05) is 30.6 Å². The van der Waals surface area contributed by atoms with Gasteiger partial charge in [-0.15, -0.1) is 0 Å². The van der Waals surface area contributed by atoms with E-state index < -0.39 is 0 Å². The van der Waals surface area contributed by atoms with Crippen LogP contribution in [0.5, 0.6) is 0 Å². The van der Waals surface area contributed by atoms with E-state index in [2.05, 4.69) is 28.1 Å². The lowest BCUT2D eigenvalue weighted by Gasteiger charge is -2.23. The molecule has 1 aliphatic carbocycles. The number of amides is 2. The van der Waals surface area contributed by atoms with Crippen molar-refractivity contribution >= 4 is 33.6 Å². The molecule has 1 saturated carbocycles. The predicted octanol–water partition coefficient (Wildman–Crippen LogP) is 5.25. The molecular formula is C25H21N3O2. The van der Waals surface area contributed by atoms with Gasteiger partial charge < -0.3 is 4.57 Å². The molecule has 1 N–H and O–H groups in total. The lowest BCUT2D eigenvalue weighted by atomic mass is 9.90. The van der Waals surface area contributed by atoms with Crippen molar-refractivity contribution in [3.8, 4) is 11.1 Å². The number of carbonyl (C=O) groups is 2. The molecule has 0 radical (unpaired) electrons. The molecule has 5 nitrogen and oxygen atoms in total. The summed E-state index contributed by atoms with van der Waals surface area (Å²) in [5.41, 5.74) is 5.29. The largest absolute Gasteiger partial charge is 0.327 e. The molecule has 6 rings (SSSR count). The van der Waals surface area contributed by atoms with Crippen molar-refractivity contribution in [2.45, 2.75) is 38.1 Å². The first kappa shape index (κ1) is 17.4. The topological polar surface area (TPSA) is 64.0 Å². The molecule has 0 spiro atoms. The number of hydrogen-bond donors (Lipinski definition) is 1. The molecule has 0 saturated heterocycles. The molecule has 2 aliphatic rings. The van der Waals surface area contributed by atoms with Crippen LogP contribution in [0.2, 0.25) is 0 Å². The van der Waals surface area contributed by atoms with E-state index in [1.165, 1.54) is 37.6 Å². The fourth-order valence-corrected chi connectivity index (χ4v) is 5.12. The van der Waals surface area contributed by atoms with E-state index >= 15 is 0 Å². The molecule has 148 valence electrons. The molecule has 3 aromatic carbocycles. The SMILES string of the molecule is O=C1NC(=O)c2ccc(-c3ccc4c(c3)ncn4C3CCCCC3)c3cccc1c23. The maximum atomic E-state index is 12.3. The summed E-state index contributed by atoms with van der Waals surface area (Å²) in [5, 5.41) is 4.07. The van der Waals surface area contributed by atoms with Gasteiger partial charge in [0, 0.05) is 22.6 Å². The number of fused-ring (bicyclic) bond motifs is 1. The number of nitrogens with zero attached hydrogens (tertiary/aromatic N) is 2. The standard InChI is InChI=1S/C25H21N3O2/c29-24-19-8-4-7-18-17(10-11-20(23(18)19)25(30)27-24)15-9-12-22-21(13-15)26-14-28(22)16-5-2-1-3-6-16/h4,7-14,16H,1-3,5-6H2,(H,27,29,30). The van der Waals surface area contributed by atoms with Crippen LogP contribution in [0.1, 0.15) is 58.9 Å². The average Bonchev–Trinajstić information content (AvgIpc) is 3.21. The number of aromatic nitrogens is 2. The zero-order valence-electron chi connectivity index (χ0n) is 16.5. The van der Waals surface area contributed by atoms with Gasteiger partial charge in [0.25, 0.3) is 11.8 Å². The van der Waals surface area contributed by atoms with E-state index in [4.69, 9.17) is 4.98 Å². The highest BCUT2D eigenvalue weighted by Gasteiger charge is 2.26. The number of benzene rings is 3. The molecule has 4 aromatic rings. The van der Waals surface area contributed by atoms with Gasteiger partial charge in [-0.1, -0.05) is 43.5 Å². The summed E-state index contributed by atoms with van der Waals surface area (Å²) in [6, 6.07) is 16.3. The van der Waals surface area contributed by atoms with Crippen molar-refractivity contribution in [1.29, 1.82) is 0 Å². The third kappa shape index (κ3) is 2.51.